The van der Waals surface area contributed by atoms with Crippen LogP contribution in [0.5, 0.6) is 0 Å². The van der Waals surface area contributed by atoms with Gasteiger partial charge in [0.25, 0.3) is 5.91 Å². The normalized spacial score (nSPS) is 17.9. The number of aromatic nitrogens is 3. The number of nitrogens with one attached hydrogen (secondary N) is 2. The van der Waals surface area contributed by atoms with E-state index in [2.05, 4.69) is 25.8 Å². The molecule has 164 valence electrons. The van der Waals surface area contributed by atoms with E-state index < -0.39 is 29.9 Å². The van der Waals surface area contributed by atoms with E-state index in [1.54, 1.807) is 25.3 Å². The van der Waals surface area contributed by atoms with Gasteiger partial charge in [-0.1, -0.05) is 53.8 Å². The summed E-state index contributed by atoms with van der Waals surface area (Å²) in [7, 11) is 0. The molecule has 2 aromatic carbocycles. The number of carbonyl (C=O) groups excluding carboxylic acids is 3. The minimum atomic E-state index is -1.27. The van der Waals surface area contributed by atoms with E-state index in [-0.39, 0.29) is 5.13 Å². The third-order valence-corrected chi connectivity index (χ3v) is 6.32. The predicted octanol–water partition coefficient (Wildman–Crippen LogP) is 3.16. The predicted molar refractivity (Wildman–Crippen MR) is 123 cm³/mol. The number of pyridine rings is 1. The molecule has 0 radical (unpaired) electrons. The highest BCUT2D eigenvalue weighted by Crippen LogP contribution is 2.31. The molecule has 2 N–H and O–H groups in total. The van der Waals surface area contributed by atoms with E-state index in [1.165, 1.54) is 0 Å². The molecule has 5 rings (SSSR count). The Balaban J connectivity index is 1.31. The van der Waals surface area contributed by atoms with Gasteiger partial charge in [-0.3, -0.25) is 24.8 Å². The van der Waals surface area contributed by atoms with Gasteiger partial charge in [0.2, 0.25) is 11.0 Å². The molecule has 4 amide bonds. The van der Waals surface area contributed by atoms with E-state index >= 15 is 0 Å². The molecule has 1 unspecified atom stereocenters. The molecule has 1 aliphatic heterocycles. The van der Waals surface area contributed by atoms with Crippen molar-refractivity contribution in [2.75, 3.05) is 11.9 Å². The number of carbonyl (C=O) groups is 3. The van der Waals surface area contributed by atoms with Gasteiger partial charge in [0.15, 0.2) is 5.01 Å². The molecule has 9 nitrogen and oxygen atoms in total. The molecule has 4 aromatic rings. The van der Waals surface area contributed by atoms with Gasteiger partial charge in [-0.05, 0) is 41.5 Å². The molecule has 0 bridgehead atoms. The molecule has 1 atom stereocenters. The summed E-state index contributed by atoms with van der Waals surface area (Å²) in [4.78, 5) is 43.4. The van der Waals surface area contributed by atoms with Crippen LogP contribution in [-0.4, -0.2) is 44.5 Å². The minimum Gasteiger partial charge on any atom is -0.319 e. The Morgan fingerprint density at radius 1 is 1.06 bits per heavy atom. The molecule has 2 aromatic heterocycles. The molecular formula is C23H18N6O3S. The second-order valence-corrected chi connectivity index (χ2v) is 8.66. The molecule has 0 spiro atoms. The molecule has 1 saturated heterocycles. The van der Waals surface area contributed by atoms with Crippen LogP contribution in [0.1, 0.15) is 12.5 Å². The van der Waals surface area contributed by atoms with Crippen LogP contribution in [0.15, 0.2) is 66.9 Å². The number of nitrogens with zero attached hydrogens (tertiary/aromatic N) is 4. The Labute approximate surface area is 192 Å². The highest BCUT2D eigenvalue weighted by molar-refractivity contribution is 7.18. The summed E-state index contributed by atoms with van der Waals surface area (Å²) in [6.07, 6.45) is 1.64. The van der Waals surface area contributed by atoms with E-state index in [0.717, 1.165) is 27.0 Å². The van der Waals surface area contributed by atoms with Crippen LogP contribution in [0, 0.1) is 0 Å². The summed E-state index contributed by atoms with van der Waals surface area (Å²) in [6.45, 7) is 1.20. The largest absolute Gasteiger partial charge is 0.325 e. The molecular weight excluding hydrogens is 440 g/mol. The smallest absolute Gasteiger partial charge is 0.319 e. The second kappa shape index (κ2) is 8.06. The first-order valence-electron chi connectivity index (χ1n) is 10.1. The highest BCUT2D eigenvalue weighted by atomic mass is 32.1. The van der Waals surface area contributed by atoms with Gasteiger partial charge >= 0.3 is 6.03 Å². The SMILES string of the molecule is CC1(c2ccc3ccccc3c2)NC(=O)N(CC(=O)Nc2nnc(-c3ccccn3)s2)C1=O. The van der Waals surface area contributed by atoms with Crippen molar-refractivity contribution in [3.8, 4) is 10.7 Å². The lowest BCUT2D eigenvalue weighted by Gasteiger charge is -2.22. The lowest BCUT2D eigenvalue weighted by Crippen LogP contribution is -2.42. The van der Waals surface area contributed by atoms with Gasteiger partial charge in [-0.2, -0.15) is 0 Å². The van der Waals surface area contributed by atoms with E-state index in [9.17, 15) is 14.4 Å². The van der Waals surface area contributed by atoms with Crippen LogP contribution in [0.25, 0.3) is 21.5 Å². The summed E-state index contributed by atoms with van der Waals surface area (Å²) in [5, 5.41) is 16.1. The highest BCUT2D eigenvalue weighted by Gasteiger charge is 2.49. The fraction of sp³-hybridized carbons (Fsp3) is 0.130. The van der Waals surface area contributed by atoms with Crippen molar-refractivity contribution >= 4 is 45.1 Å². The van der Waals surface area contributed by atoms with Crippen molar-refractivity contribution in [2.24, 2.45) is 0 Å². The molecule has 3 heterocycles. The molecule has 33 heavy (non-hydrogen) atoms. The van der Waals surface area contributed by atoms with Crippen molar-refractivity contribution < 1.29 is 14.4 Å². The van der Waals surface area contributed by atoms with Crippen LogP contribution in [0.4, 0.5) is 9.93 Å². The number of hydrogen-bond donors (Lipinski definition) is 2. The Morgan fingerprint density at radius 2 is 1.85 bits per heavy atom. The first-order valence-corrected chi connectivity index (χ1v) is 10.9. The summed E-state index contributed by atoms with van der Waals surface area (Å²) in [6, 6.07) is 18.1. The standard InChI is InChI=1S/C23H18N6O3S/c1-23(16-10-9-14-6-2-3-7-15(14)12-16)20(31)29(22(32)26-23)13-18(30)25-21-28-27-19(33-21)17-8-4-5-11-24-17/h2-12H,13H2,1H3,(H,26,32)(H,25,28,30). The number of benzene rings is 2. The molecule has 1 aliphatic rings. The van der Waals surface area contributed by atoms with E-state index in [1.807, 2.05) is 48.5 Å². The quantitative estimate of drug-likeness (QED) is 0.444. The monoisotopic (exact) mass is 458 g/mol. The topological polar surface area (TPSA) is 117 Å². The molecule has 1 fully saturated rings. The maximum Gasteiger partial charge on any atom is 0.325 e. The van der Waals surface area contributed by atoms with Crippen molar-refractivity contribution in [3.05, 3.63) is 72.4 Å². The number of fused-ring (bicyclic) bond motifs is 1. The van der Waals surface area contributed by atoms with Gasteiger partial charge in [0.05, 0.1) is 0 Å². The van der Waals surface area contributed by atoms with Gasteiger partial charge in [0.1, 0.15) is 17.8 Å². The third kappa shape index (κ3) is 3.80. The van der Waals surface area contributed by atoms with E-state index in [4.69, 9.17) is 0 Å². The number of hydrogen-bond acceptors (Lipinski definition) is 7. The van der Waals surface area contributed by atoms with Crippen LogP contribution in [0.3, 0.4) is 0 Å². The molecule has 10 heteroatoms. The van der Waals surface area contributed by atoms with Crippen molar-refractivity contribution in [1.82, 2.24) is 25.4 Å². The Bertz CT molecular complexity index is 1390. The number of rotatable bonds is 5. The van der Waals surface area contributed by atoms with Crippen molar-refractivity contribution in [2.45, 2.75) is 12.5 Å². The van der Waals surface area contributed by atoms with Gasteiger partial charge in [-0.25, -0.2) is 4.79 Å². The van der Waals surface area contributed by atoms with Crippen LogP contribution in [-0.2, 0) is 15.1 Å². The van der Waals surface area contributed by atoms with Crippen molar-refractivity contribution in [3.63, 3.8) is 0 Å². The average molecular weight is 459 g/mol. The number of amides is 4. The average Bonchev–Trinajstić information content (AvgIpc) is 3.38. The maximum atomic E-state index is 13.2. The van der Waals surface area contributed by atoms with Crippen LogP contribution in [0.2, 0.25) is 0 Å². The lowest BCUT2D eigenvalue weighted by atomic mass is 9.90. The second-order valence-electron chi connectivity index (χ2n) is 7.68. The number of urea groups is 1. The number of imide groups is 1. The fourth-order valence-electron chi connectivity index (χ4n) is 3.71. The van der Waals surface area contributed by atoms with Gasteiger partial charge < -0.3 is 5.32 Å². The minimum absolute atomic E-state index is 0.255. The van der Waals surface area contributed by atoms with Gasteiger partial charge in [0, 0.05) is 6.20 Å². The zero-order valence-corrected chi connectivity index (χ0v) is 18.3. The Morgan fingerprint density at radius 3 is 2.64 bits per heavy atom. The van der Waals surface area contributed by atoms with E-state index in [0.29, 0.717) is 16.3 Å². The summed E-state index contributed by atoms with van der Waals surface area (Å²) < 4.78 is 0. The first-order chi connectivity index (χ1) is 15.9. The first kappa shape index (κ1) is 20.7. The Kier molecular flexibility index (Phi) is 5.06. The zero-order chi connectivity index (χ0) is 23.0. The van der Waals surface area contributed by atoms with Crippen LogP contribution >= 0.6 is 11.3 Å². The zero-order valence-electron chi connectivity index (χ0n) is 17.5. The summed E-state index contributed by atoms with van der Waals surface area (Å²) in [5.74, 6) is -1.05. The number of anilines is 1. The van der Waals surface area contributed by atoms with Gasteiger partial charge in [-0.15, -0.1) is 10.2 Å². The third-order valence-electron chi connectivity index (χ3n) is 5.46. The lowest BCUT2D eigenvalue weighted by molar-refractivity contribution is -0.133. The van der Waals surface area contributed by atoms with Crippen LogP contribution < -0.4 is 10.6 Å². The maximum absolute atomic E-state index is 13.2. The Hall–Kier alpha value is -4.18. The summed E-state index contributed by atoms with van der Waals surface area (Å²) >= 11 is 1.15. The van der Waals surface area contributed by atoms with Crippen molar-refractivity contribution in [1.29, 1.82) is 0 Å². The fourth-order valence-corrected chi connectivity index (χ4v) is 4.44. The summed E-state index contributed by atoms with van der Waals surface area (Å²) in [5.41, 5.74) is 0.0124. The molecule has 0 saturated carbocycles. The molecule has 0 aliphatic carbocycles.